The van der Waals surface area contributed by atoms with E-state index in [1.165, 1.54) is 19.3 Å². The second kappa shape index (κ2) is 4.41. The van der Waals surface area contributed by atoms with E-state index in [2.05, 4.69) is 29.0 Å². The van der Waals surface area contributed by atoms with E-state index in [0.717, 1.165) is 32.7 Å². The zero-order chi connectivity index (χ0) is 12.8. The highest BCUT2D eigenvalue weighted by Crippen LogP contribution is 2.41. The topological polar surface area (TPSA) is 35.6 Å². The summed E-state index contributed by atoms with van der Waals surface area (Å²) < 4.78 is 0. The van der Waals surface area contributed by atoms with E-state index in [-0.39, 0.29) is 11.6 Å². The molecule has 2 atom stereocenters. The highest BCUT2D eigenvalue weighted by Gasteiger charge is 2.52. The molecule has 18 heavy (non-hydrogen) atoms. The molecule has 4 nitrogen and oxygen atoms in total. The average molecular weight is 251 g/mol. The number of rotatable bonds is 0. The number of hydrogen-bond donors (Lipinski definition) is 1. The average Bonchev–Trinajstić information content (AvgIpc) is 2.92. The van der Waals surface area contributed by atoms with Crippen molar-refractivity contribution in [3.63, 3.8) is 0 Å². The van der Waals surface area contributed by atoms with Crippen LogP contribution in [0.2, 0.25) is 0 Å². The SMILES string of the molecule is CC1(C)C2CNCC2CN1C(=O)N1CCCCC1. The normalized spacial score (nSPS) is 34.8. The molecule has 2 amide bonds. The van der Waals surface area contributed by atoms with Crippen molar-refractivity contribution in [3.05, 3.63) is 0 Å². The van der Waals surface area contributed by atoms with Gasteiger partial charge >= 0.3 is 6.03 Å². The molecule has 0 aliphatic carbocycles. The molecule has 0 aromatic heterocycles. The Balaban J connectivity index is 1.74. The minimum absolute atomic E-state index is 0.0166. The minimum Gasteiger partial charge on any atom is -0.325 e. The molecule has 3 heterocycles. The Kier molecular flexibility index (Phi) is 3.00. The maximum absolute atomic E-state index is 12.7. The number of urea groups is 1. The smallest absolute Gasteiger partial charge is 0.320 e. The van der Waals surface area contributed by atoms with Crippen LogP contribution < -0.4 is 5.32 Å². The van der Waals surface area contributed by atoms with Gasteiger partial charge in [-0.15, -0.1) is 0 Å². The molecular formula is C14H25N3O. The molecule has 102 valence electrons. The van der Waals surface area contributed by atoms with Gasteiger partial charge in [0.15, 0.2) is 0 Å². The predicted molar refractivity (Wildman–Crippen MR) is 71.5 cm³/mol. The van der Waals surface area contributed by atoms with Crippen LogP contribution in [-0.4, -0.2) is 54.1 Å². The third-order valence-corrected chi connectivity index (χ3v) is 5.22. The van der Waals surface area contributed by atoms with E-state index >= 15 is 0 Å². The van der Waals surface area contributed by atoms with Gasteiger partial charge in [0, 0.05) is 38.3 Å². The van der Waals surface area contributed by atoms with Crippen LogP contribution in [0.25, 0.3) is 0 Å². The number of amides is 2. The van der Waals surface area contributed by atoms with Crippen molar-refractivity contribution in [3.8, 4) is 0 Å². The lowest BCUT2D eigenvalue weighted by Gasteiger charge is -2.40. The summed E-state index contributed by atoms with van der Waals surface area (Å²) in [6.07, 6.45) is 3.63. The third-order valence-electron chi connectivity index (χ3n) is 5.22. The van der Waals surface area contributed by atoms with Crippen molar-refractivity contribution >= 4 is 6.03 Å². The quantitative estimate of drug-likeness (QED) is 0.708. The third kappa shape index (κ3) is 1.81. The lowest BCUT2D eigenvalue weighted by molar-refractivity contribution is 0.106. The molecule has 0 saturated carbocycles. The van der Waals surface area contributed by atoms with Gasteiger partial charge < -0.3 is 15.1 Å². The van der Waals surface area contributed by atoms with Crippen LogP contribution in [0.15, 0.2) is 0 Å². The second-order valence-electron chi connectivity index (χ2n) is 6.62. The van der Waals surface area contributed by atoms with E-state index < -0.39 is 0 Å². The van der Waals surface area contributed by atoms with Crippen LogP contribution in [-0.2, 0) is 0 Å². The minimum atomic E-state index is 0.0166. The lowest BCUT2D eigenvalue weighted by Crippen LogP contribution is -2.53. The molecule has 0 bridgehead atoms. The Morgan fingerprint density at radius 3 is 2.56 bits per heavy atom. The summed E-state index contributed by atoms with van der Waals surface area (Å²) in [5.74, 6) is 1.29. The first kappa shape index (κ1) is 12.3. The number of carbonyl (C=O) groups is 1. The number of piperidine rings is 1. The van der Waals surface area contributed by atoms with Crippen molar-refractivity contribution in [1.29, 1.82) is 0 Å². The Labute approximate surface area is 110 Å². The number of fused-ring (bicyclic) bond motifs is 1. The standard InChI is InChI=1S/C14H25N3O/c1-14(2)12-9-15-8-11(12)10-17(14)13(18)16-6-4-3-5-7-16/h11-12,15H,3-10H2,1-2H3. The Morgan fingerprint density at radius 1 is 1.17 bits per heavy atom. The molecule has 0 spiro atoms. The molecule has 4 heteroatoms. The van der Waals surface area contributed by atoms with Crippen LogP contribution >= 0.6 is 0 Å². The van der Waals surface area contributed by atoms with E-state index in [1.54, 1.807) is 0 Å². The maximum atomic E-state index is 12.7. The van der Waals surface area contributed by atoms with Gasteiger partial charge in [0.05, 0.1) is 0 Å². The van der Waals surface area contributed by atoms with Gasteiger partial charge in [0.1, 0.15) is 0 Å². The van der Waals surface area contributed by atoms with Crippen LogP contribution in [0, 0.1) is 11.8 Å². The summed E-state index contributed by atoms with van der Waals surface area (Å²) >= 11 is 0. The maximum Gasteiger partial charge on any atom is 0.320 e. The van der Waals surface area contributed by atoms with Gasteiger partial charge in [0.25, 0.3) is 0 Å². The fourth-order valence-corrected chi connectivity index (χ4v) is 4.00. The summed E-state index contributed by atoms with van der Waals surface area (Å²) in [6.45, 7) is 9.50. The first-order valence-corrected chi connectivity index (χ1v) is 7.38. The molecule has 0 radical (unpaired) electrons. The number of likely N-dealkylation sites (tertiary alicyclic amines) is 2. The van der Waals surface area contributed by atoms with Crippen LogP contribution in [0.4, 0.5) is 4.79 Å². The monoisotopic (exact) mass is 251 g/mol. The highest BCUT2D eigenvalue weighted by molar-refractivity contribution is 5.76. The zero-order valence-electron chi connectivity index (χ0n) is 11.6. The van der Waals surface area contributed by atoms with Gasteiger partial charge in [0.2, 0.25) is 0 Å². The second-order valence-corrected chi connectivity index (χ2v) is 6.62. The summed E-state index contributed by atoms with van der Waals surface area (Å²) in [5, 5.41) is 3.47. The van der Waals surface area contributed by atoms with E-state index in [9.17, 15) is 4.79 Å². The molecule has 2 unspecified atom stereocenters. The van der Waals surface area contributed by atoms with E-state index in [1.807, 2.05) is 0 Å². The van der Waals surface area contributed by atoms with Crippen molar-refractivity contribution < 1.29 is 4.79 Å². The molecule has 3 fully saturated rings. The fraction of sp³-hybridized carbons (Fsp3) is 0.929. The van der Waals surface area contributed by atoms with Crippen molar-refractivity contribution in [2.75, 3.05) is 32.7 Å². The zero-order valence-corrected chi connectivity index (χ0v) is 11.6. The van der Waals surface area contributed by atoms with Crippen molar-refractivity contribution in [2.24, 2.45) is 11.8 Å². The Hall–Kier alpha value is -0.770. The van der Waals surface area contributed by atoms with E-state index in [4.69, 9.17) is 0 Å². The first-order chi connectivity index (χ1) is 8.60. The van der Waals surface area contributed by atoms with Crippen LogP contribution in [0.5, 0.6) is 0 Å². The fourth-order valence-electron chi connectivity index (χ4n) is 4.00. The lowest BCUT2D eigenvalue weighted by atomic mass is 9.85. The molecule has 3 rings (SSSR count). The van der Waals surface area contributed by atoms with Crippen LogP contribution in [0.1, 0.15) is 33.1 Å². The molecular weight excluding hydrogens is 226 g/mol. The molecule has 1 N–H and O–H groups in total. The Bertz CT molecular complexity index is 336. The highest BCUT2D eigenvalue weighted by atomic mass is 16.2. The van der Waals surface area contributed by atoms with Gasteiger partial charge in [-0.05, 0) is 44.9 Å². The largest absolute Gasteiger partial charge is 0.325 e. The Morgan fingerprint density at radius 2 is 1.89 bits per heavy atom. The van der Waals surface area contributed by atoms with Gasteiger partial charge in [-0.25, -0.2) is 4.79 Å². The van der Waals surface area contributed by atoms with E-state index in [0.29, 0.717) is 11.8 Å². The number of carbonyl (C=O) groups excluding carboxylic acids is 1. The van der Waals surface area contributed by atoms with Crippen molar-refractivity contribution in [1.82, 2.24) is 15.1 Å². The van der Waals surface area contributed by atoms with Gasteiger partial charge in [-0.2, -0.15) is 0 Å². The molecule has 0 aromatic carbocycles. The number of hydrogen-bond acceptors (Lipinski definition) is 2. The summed E-state index contributed by atoms with van der Waals surface area (Å²) in [7, 11) is 0. The first-order valence-electron chi connectivity index (χ1n) is 7.38. The molecule has 3 aliphatic rings. The summed E-state index contributed by atoms with van der Waals surface area (Å²) in [6, 6.07) is 0.286. The number of nitrogens with one attached hydrogen (secondary N) is 1. The van der Waals surface area contributed by atoms with Gasteiger partial charge in [-0.1, -0.05) is 0 Å². The number of nitrogens with zero attached hydrogens (tertiary/aromatic N) is 2. The molecule has 3 saturated heterocycles. The summed E-state index contributed by atoms with van der Waals surface area (Å²) in [5.41, 5.74) is 0.0166. The molecule has 3 aliphatic heterocycles. The van der Waals surface area contributed by atoms with Crippen LogP contribution in [0.3, 0.4) is 0 Å². The van der Waals surface area contributed by atoms with Crippen molar-refractivity contribution in [2.45, 2.75) is 38.6 Å². The van der Waals surface area contributed by atoms with Gasteiger partial charge in [-0.3, -0.25) is 0 Å². The molecule has 0 aromatic rings. The summed E-state index contributed by atoms with van der Waals surface area (Å²) in [4.78, 5) is 16.9. The predicted octanol–water partition coefficient (Wildman–Crippen LogP) is 1.52.